The summed E-state index contributed by atoms with van der Waals surface area (Å²) in [6, 6.07) is 6.34. The highest BCUT2D eigenvalue weighted by Crippen LogP contribution is 2.32. The second kappa shape index (κ2) is 12.6. The van der Waals surface area contributed by atoms with E-state index >= 15 is 4.39 Å². The Morgan fingerprint density at radius 2 is 1.79 bits per heavy atom. The Kier molecular flexibility index (Phi) is 8.89. The van der Waals surface area contributed by atoms with Crippen molar-refractivity contribution in [3.63, 3.8) is 0 Å². The van der Waals surface area contributed by atoms with E-state index in [2.05, 4.69) is 24.3 Å². The third kappa shape index (κ3) is 6.24. The average Bonchev–Trinajstić information content (AvgIpc) is 3.69. The molecular weight excluding hydrogens is 584 g/mol. The summed E-state index contributed by atoms with van der Waals surface area (Å²) in [5.74, 6) is -0.267. The molecule has 3 aliphatic heterocycles. The minimum Gasteiger partial charge on any atom is -0.379 e. The van der Waals surface area contributed by atoms with Crippen LogP contribution < -0.4 is 4.90 Å². The van der Waals surface area contributed by atoms with Gasteiger partial charge in [0.15, 0.2) is 9.34 Å². The SMILES string of the molecule is C[C@H](c1ccc(F)cc1)n1cncc1CN1CCN(S(=O)(=O)c2cnc(N3CC[C@@H](N4CCOCC4)[C@H](F)C3)s2)CC1. The maximum Gasteiger partial charge on any atom is 0.254 e. The van der Waals surface area contributed by atoms with Crippen LogP contribution in [0.2, 0.25) is 0 Å². The first-order valence-corrected chi connectivity index (χ1v) is 16.7. The Morgan fingerprint density at radius 3 is 2.50 bits per heavy atom. The fraction of sp³-hybridized carbons (Fsp3) is 0.571. The molecule has 3 saturated heterocycles. The van der Waals surface area contributed by atoms with Gasteiger partial charge in [0.2, 0.25) is 0 Å². The summed E-state index contributed by atoms with van der Waals surface area (Å²) in [4.78, 5) is 15.0. The number of benzene rings is 1. The van der Waals surface area contributed by atoms with Crippen molar-refractivity contribution < 1.29 is 21.9 Å². The number of morpholine rings is 1. The van der Waals surface area contributed by atoms with Crippen molar-refractivity contribution >= 4 is 26.5 Å². The Balaban J connectivity index is 1.04. The highest BCUT2D eigenvalue weighted by molar-refractivity contribution is 7.91. The van der Waals surface area contributed by atoms with E-state index in [-0.39, 0.29) is 28.7 Å². The van der Waals surface area contributed by atoms with E-state index in [9.17, 15) is 12.8 Å². The molecule has 0 aliphatic carbocycles. The van der Waals surface area contributed by atoms with Crippen molar-refractivity contribution in [1.82, 2.24) is 28.6 Å². The summed E-state index contributed by atoms with van der Waals surface area (Å²) in [5, 5.41) is 0.554. The van der Waals surface area contributed by atoms with Gasteiger partial charge in [-0.15, -0.1) is 0 Å². The first-order chi connectivity index (χ1) is 20.3. The van der Waals surface area contributed by atoms with E-state index in [4.69, 9.17) is 4.74 Å². The number of hydrogen-bond donors (Lipinski definition) is 0. The van der Waals surface area contributed by atoms with Gasteiger partial charge >= 0.3 is 0 Å². The number of anilines is 1. The number of piperidine rings is 1. The van der Waals surface area contributed by atoms with Gasteiger partial charge in [-0.2, -0.15) is 4.31 Å². The second-order valence-corrected chi connectivity index (χ2v) is 14.3. The van der Waals surface area contributed by atoms with E-state index in [0.717, 1.165) is 35.7 Å². The van der Waals surface area contributed by atoms with Crippen LogP contribution >= 0.6 is 11.3 Å². The molecule has 0 amide bonds. The molecule has 3 fully saturated rings. The molecule has 6 rings (SSSR count). The van der Waals surface area contributed by atoms with Gasteiger partial charge in [0, 0.05) is 64.6 Å². The third-order valence-electron chi connectivity index (χ3n) is 8.59. The predicted octanol–water partition coefficient (Wildman–Crippen LogP) is 2.84. The number of ether oxygens (including phenoxy) is 1. The zero-order chi connectivity index (χ0) is 29.3. The monoisotopic (exact) mass is 621 g/mol. The minimum atomic E-state index is -3.70. The highest BCUT2D eigenvalue weighted by atomic mass is 32.2. The van der Waals surface area contributed by atoms with Crippen molar-refractivity contribution in [2.24, 2.45) is 0 Å². The van der Waals surface area contributed by atoms with E-state index in [1.54, 1.807) is 18.5 Å². The van der Waals surface area contributed by atoms with E-state index < -0.39 is 16.2 Å². The van der Waals surface area contributed by atoms with Gasteiger partial charge in [-0.05, 0) is 31.0 Å². The van der Waals surface area contributed by atoms with Gasteiger partial charge in [-0.25, -0.2) is 27.2 Å². The van der Waals surface area contributed by atoms with Crippen molar-refractivity contribution in [3.05, 3.63) is 60.1 Å². The van der Waals surface area contributed by atoms with E-state index in [0.29, 0.717) is 64.0 Å². The summed E-state index contributed by atoms with van der Waals surface area (Å²) in [6.45, 7) is 8.21. The number of nitrogens with zero attached hydrogens (tertiary/aromatic N) is 7. The second-order valence-electron chi connectivity index (χ2n) is 11.1. The van der Waals surface area contributed by atoms with Gasteiger partial charge in [0.05, 0.1) is 44.0 Å². The molecule has 0 radical (unpaired) electrons. The number of hydrogen-bond acceptors (Lipinski definition) is 9. The molecule has 14 heteroatoms. The fourth-order valence-electron chi connectivity index (χ4n) is 6.09. The molecule has 3 atom stereocenters. The summed E-state index contributed by atoms with van der Waals surface area (Å²) >= 11 is 1.12. The molecular formula is C28H37F2N7O3S2. The van der Waals surface area contributed by atoms with Gasteiger partial charge in [-0.3, -0.25) is 9.80 Å². The largest absolute Gasteiger partial charge is 0.379 e. The number of imidazole rings is 1. The Morgan fingerprint density at radius 1 is 1.05 bits per heavy atom. The fourth-order valence-corrected chi connectivity index (χ4v) is 8.82. The summed E-state index contributed by atoms with van der Waals surface area (Å²) < 4.78 is 64.7. The predicted molar refractivity (Wildman–Crippen MR) is 156 cm³/mol. The molecule has 5 heterocycles. The van der Waals surface area contributed by atoms with Crippen LogP contribution in [-0.2, 0) is 21.3 Å². The standard InChI is InChI=1S/C28H37F2N7O3S2/c1-21(22-2-4-23(29)5-3-22)37-20-31-16-24(37)18-33-8-10-36(11-9-33)42(38,39)27-17-32-28(41-27)35-7-6-26(25(30)19-35)34-12-14-40-15-13-34/h2-5,16-17,20-21,25-26H,6-15,18-19H2,1H3/t21-,25-,26-/m1/s1. The number of aromatic nitrogens is 3. The van der Waals surface area contributed by atoms with E-state index in [1.807, 2.05) is 18.0 Å². The first-order valence-electron chi connectivity index (χ1n) is 14.4. The van der Waals surface area contributed by atoms with Crippen LogP contribution in [0.1, 0.15) is 30.6 Å². The minimum absolute atomic E-state index is 0.0110. The lowest BCUT2D eigenvalue weighted by molar-refractivity contribution is -0.00821. The highest BCUT2D eigenvalue weighted by Gasteiger charge is 2.36. The summed E-state index contributed by atoms with van der Waals surface area (Å²) in [6.07, 6.45) is 4.67. The quantitative estimate of drug-likeness (QED) is 0.380. The number of thiazole rings is 1. The van der Waals surface area contributed by atoms with Crippen molar-refractivity contribution in [1.29, 1.82) is 0 Å². The number of alkyl halides is 1. The topological polar surface area (TPSA) is 87.0 Å². The molecule has 0 N–H and O–H groups in total. The van der Waals surface area contributed by atoms with Crippen molar-refractivity contribution in [2.45, 2.75) is 42.4 Å². The molecule has 2 aromatic heterocycles. The molecule has 0 bridgehead atoms. The Labute approximate surface area is 249 Å². The third-order valence-corrected chi connectivity index (χ3v) is 12.0. The van der Waals surface area contributed by atoms with Gasteiger partial charge in [0.25, 0.3) is 10.0 Å². The van der Waals surface area contributed by atoms with Crippen LogP contribution in [0.5, 0.6) is 0 Å². The zero-order valence-electron chi connectivity index (χ0n) is 23.7. The molecule has 3 aliphatic rings. The Bertz CT molecular complexity index is 1440. The van der Waals surface area contributed by atoms with Crippen LogP contribution in [0.15, 0.2) is 47.2 Å². The molecule has 42 heavy (non-hydrogen) atoms. The number of sulfonamides is 1. The number of rotatable bonds is 8. The maximum absolute atomic E-state index is 15.1. The smallest absolute Gasteiger partial charge is 0.254 e. The molecule has 228 valence electrons. The lowest BCUT2D eigenvalue weighted by Crippen LogP contribution is -2.55. The normalized spacial score (nSPS) is 24.2. The van der Waals surface area contributed by atoms with Gasteiger partial charge < -0.3 is 14.2 Å². The van der Waals surface area contributed by atoms with Gasteiger partial charge in [-0.1, -0.05) is 23.5 Å². The first kappa shape index (κ1) is 29.6. The van der Waals surface area contributed by atoms with Crippen molar-refractivity contribution in [2.75, 3.05) is 70.5 Å². The van der Waals surface area contributed by atoms with Crippen LogP contribution in [0.4, 0.5) is 13.9 Å². The van der Waals surface area contributed by atoms with Crippen molar-refractivity contribution in [3.8, 4) is 0 Å². The molecule has 0 spiro atoms. The summed E-state index contributed by atoms with van der Waals surface area (Å²) in [7, 11) is -3.70. The average molecular weight is 622 g/mol. The van der Waals surface area contributed by atoms with Crippen LogP contribution in [0.25, 0.3) is 0 Å². The Hall–Kier alpha value is -2.49. The summed E-state index contributed by atoms with van der Waals surface area (Å²) in [5.41, 5.74) is 2.00. The van der Waals surface area contributed by atoms with Crippen LogP contribution in [0.3, 0.4) is 0 Å². The number of halogens is 2. The molecule has 0 saturated carbocycles. The molecule has 0 unspecified atom stereocenters. The lowest BCUT2D eigenvalue weighted by atomic mass is 10.0. The van der Waals surface area contributed by atoms with Crippen LogP contribution in [0, 0.1) is 5.82 Å². The number of piperazine rings is 1. The molecule has 3 aromatic rings. The lowest BCUT2D eigenvalue weighted by Gasteiger charge is -2.41. The molecule has 10 nitrogen and oxygen atoms in total. The maximum atomic E-state index is 15.1. The molecule has 1 aromatic carbocycles. The van der Waals surface area contributed by atoms with Crippen LogP contribution in [-0.4, -0.2) is 115 Å². The van der Waals surface area contributed by atoms with Gasteiger partial charge in [0.1, 0.15) is 12.0 Å². The zero-order valence-corrected chi connectivity index (χ0v) is 25.3. The van der Waals surface area contributed by atoms with E-state index in [1.165, 1.54) is 22.6 Å².